The van der Waals surface area contributed by atoms with Crippen LogP contribution in [-0.4, -0.2) is 31.7 Å². The van der Waals surface area contributed by atoms with E-state index in [1.54, 1.807) is 60.0 Å². The summed E-state index contributed by atoms with van der Waals surface area (Å²) in [6.45, 7) is 4.93. The minimum Gasteiger partial charge on any atom is -0.315 e. The summed E-state index contributed by atoms with van der Waals surface area (Å²) in [5, 5.41) is 4.40. The molecule has 1 amide bonds. The minimum absolute atomic E-state index is 0.0357. The van der Waals surface area contributed by atoms with E-state index in [1.807, 2.05) is 19.9 Å². The molecule has 0 saturated carbocycles. The van der Waals surface area contributed by atoms with E-state index in [0.717, 1.165) is 21.3 Å². The van der Waals surface area contributed by atoms with Crippen LogP contribution in [0.1, 0.15) is 22.5 Å². The summed E-state index contributed by atoms with van der Waals surface area (Å²) in [5.41, 5.74) is 6.01. The Morgan fingerprint density at radius 2 is 1.71 bits per heavy atom. The van der Waals surface area contributed by atoms with Crippen molar-refractivity contribution >= 4 is 39.4 Å². The lowest BCUT2D eigenvalue weighted by atomic mass is 10.2. The maximum atomic E-state index is 14.4. The van der Waals surface area contributed by atoms with Gasteiger partial charge in [0, 0.05) is 22.0 Å². The number of hydrogen-bond acceptors (Lipinski definition) is 4. The number of hydrogen-bond donors (Lipinski definition) is 1. The lowest BCUT2D eigenvalue weighted by Crippen LogP contribution is -2.39. The summed E-state index contributed by atoms with van der Waals surface area (Å²) in [6.07, 6.45) is 1.44. The molecular formula is C28H26ClFN4O3S. The van der Waals surface area contributed by atoms with Crippen molar-refractivity contribution in [3.8, 4) is 5.69 Å². The molecule has 38 heavy (non-hydrogen) atoms. The molecule has 1 aromatic heterocycles. The van der Waals surface area contributed by atoms with Crippen LogP contribution in [0.15, 0.2) is 88.9 Å². The fourth-order valence-electron chi connectivity index (χ4n) is 4.03. The average Bonchev–Trinajstić information content (AvgIpc) is 3.17. The van der Waals surface area contributed by atoms with Crippen LogP contribution in [0.3, 0.4) is 0 Å². The van der Waals surface area contributed by atoms with Gasteiger partial charge in [0.1, 0.15) is 12.4 Å². The second-order valence-electron chi connectivity index (χ2n) is 8.66. The molecule has 0 aliphatic heterocycles. The Balaban J connectivity index is 1.57. The SMILES string of the molecule is Cc1ccc(N(CC(=O)N/N=C\c2cc(C)n(-c3ccccc3F)c2C)S(=O)(=O)c2ccccc2)cc1Cl. The molecule has 0 radical (unpaired) electrons. The highest BCUT2D eigenvalue weighted by molar-refractivity contribution is 7.92. The lowest BCUT2D eigenvalue weighted by molar-refractivity contribution is -0.119. The van der Waals surface area contributed by atoms with Crippen molar-refractivity contribution in [1.29, 1.82) is 0 Å². The predicted molar refractivity (Wildman–Crippen MR) is 148 cm³/mol. The van der Waals surface area contributed by atoms with Crippen LogP contribution >= 0.6 is 11.6 Å². The standard InChI is InChI=1S/C28H26ClFN4O3S/c1-19-13-14-23(16-25(19)29)33(38(36,37)24-9-5-4-6-10-24)18-28(35)32-31-17-22-15-20(2)34(21(22)3)27-12-8-7-11-26(27)30/h4-17H,18H2,1-3H3,(H,32,35)/b31-17-. The first-order valence-electron chi connectivity index (χ1n) is 11.7. The van der Waals surface area contributed by atoms with Gasteiger partial charge in [0.2, 0.25) is 0 Å². The van der Waals surface area contributed by atoms with Gasteiger partial charge < -0.3 is 4.57 Å². The van der Waals surface area contributed by atoms with Gasteiger partial charge in [0.25, 0.3) is 15.9 Å². The number of halogens is 2. The number of benzene rings is 3. The number of para-hydroxylation sites is 1. The summed E-state index contributed by atoms with van der Waals surface area (Å²) < 4.78 is 44.0. The first-order chi connectivity index (χ1) is 18.1. The predicted octanol–water partition coefficient (Wildman–Crippen LogP) is 5.54. The fraction of sp³-hybridized carbons (Fsp3) is 0.143. The highest BCUT2D eigenvalue weighted by Crippen LogP contribution is 2.28. The third-order valence-corrected chi connectivity index (χ3v) is 8.21. The lowest BCUT2D eigenvalue weighted by Gasteiger charge is -2.24. The number of sulfonamides is 1. The summed E-state index contributed by atoms with van der Waals surface area (Å²) in [5.74, 6) is -1.01. The molecule has 3 aromatic carbocycles. The fourth-order valence-corrected chi connectivity index (χ4v) is 5.64. The zero-order valence-electron chi connectivity index (χ0n) is 21.0. The Hall–Kier alpha value is -3.95. The van der Waals surface area contributed by atoms with Crippen molar-refractivity contribution in [2.24, 2.45) is 5.10 Å². The highest BCUT2D eigenvalue weighted by atomic mass is 35.5. The number of nitrogens with one attached hydrogen (secondary N) is 1. The second kappa shape index (κ2) is 11.2. The number of nitrogens with zero attached hydrogens (tertiary/aromatic N) is 3. The van der Waals surface area contributed by atoms with Crippen LogP contribution in [0.2, 0.25) is 5.02 Å². The third kappa shape index (κ3) is 5.64. The minimum atomic E-state index is -4.08. The summed E-state index contributed by atoms with van der Waals surface area (Å²) in [4.78, 5) is 12.9. The summed E-state index contributed by atoms with van der Waals surface area (Å²) in [7, 11) is -4.08. The van der Waals surface area contributed by atoms with Gasteiger partial charge in [-0.1, -0.05) is 48.0 Å². The monoisotopic (exact) mass is 552 g/mol. The Morgan fingerprint density at radius 1 is 1.03 bits per heavy atom. The molecule has 0 aliphatic rings. The molecule has 0 unspecified atom stereocenters. The van der Waals surface area contributed by atoms with E-state index >= 15 is 0 Å². The molecule has 4 rings (SSSR count). The molecular weight excluding hydrogens is 527 g/mol. The Kier molecular flexibility index (Phi) is 7.99. The average molecular weight is 553 g/mol. The molecule has 0 spiro atoms. The van der Waals surface area contributed by atoms with Crippen molar-refractivity contribution in [1.82, 2.24) is 9.99 Å². The van der Waals surface area contributed by atoms with E-state index < -0.39 is 22.5 Å². The maximum Gasteiger partial charge on any atom is 0.264 e. The second-order valence-corrected chi connectivity index (χ2v) is 10.9. The Labute approximate surface area is 226 Å². The maximum absolute atomic E-state index is 14.4. The van der Waals surface area contributed by atoms with E-state index in [0.29, 0.717) is 16.3 Å². The first kappa shape index (κ1) is 27.1. The smallest absolute Gasteiger partial charge is 0.264 e. The van der Waals surface area contributed by atoms with Crippen molar-refractivity contribution in [2.45, 2.75) is 25.7 Å². The number of aryl methyl sites for hydroxylation is 2. The largest absolute Gasteiger partial charge is 0.315 e. The van der Waals surface area contributed by atoms with E-state index in [4.69, 9.17) is 11.6 Å². The first-order valence-corrected chi connectivity index (χ1v) is 13.5. The highest BCUT2D eigenvalue weighted by Gasteiger charge is 2.27. The Bertz CT molecular complexity index is 1620. The number of rotatable bonds is 8. The van der Waals surface area contributed by atoms with Crippen LogP contribution in [-0.2, 0) is 14.8 Å². The van der Waals surface area contributed by atoms with Gasteiger partial charge in [-0.05, 0) is 68.8 Å². The van der Waals surface area contributed by atoms with Crippen molar-refractivity contribution in [3.05, 3.63) is 112 Å². The zero-order chi connectivity index (χ0) is 27.4. The molecule has 0 bridgehead atoms. The van der Waals surface area contributed by atoms with Crippen molar-refractivity contribution < 1.29 is 17.6 Å². The molecule has 0 atom stereocenters. The van der Waals surface area contributed by atoms with E-state index in [1.165, 1.54) is 30.5 Å². The molecule has 0 saturated heterocycles. The van der Waals surface area contributed by atoms with Gasteiger partial charge in [-0.3, -0.25) is 9.10 Å². The Morgan fingerprint density at radius 3 is 2.39 bits per heavy atom. The number of carbonyl (C=O) groups is 1. The third-order valence-electron chi connectivity index (χ3n) is 6.02. The van der Waals surface area contributed by atoms with Crippen molar-refractivity contribution in [2.75, 3.05) is 10.8 Å². The van der Waals surface area contributed by atoms with Gasteiger partial charge in [-0.25, -0.2) is 18.2 Å². The quantitative estimate of drug-likeness (QED) is 0.230. The zero-order valence-corrected chi connectivity index (χ0v) is 22.6. The van der Waals surface area contributed by atoms with Gasteiger partial charge in [-0.15, -0.1) is 0 Å². The van der Waals surface area contributed by atoms with Gasteiger partial charge in [-0.2, -0.15) is 5.10 Å². The molecule has 1 N–H and O–H groups in total. The number of aromatic nitrogens is 1. The summed E-state index contributed by atoms with van der Waals surface area (Å²) in [6, 6.07) is 20.9. The molecule has 0 fully saturated rings. The molecule has 0 aliphatic carbocycles. The van der Waals surface area contributed by atoms with E-state index in [2.05, 4.69) is 10.5 Å². The molecule has 196 valence electrons. The van der Waals surface area contributed by atoms with Crippen molar-refractivity contribution in [3.63, 3.8) is 0 Å². The summed E-state index contributed by atoms with van der Waals surface area (Å²) >= 11 is 6.25. The van der Waals surface area contributed by atoms with Gasteiger partial charge >= 0.3 is 0 Å². The molecule has 10 heteroatoms. The van der Waals surface area contributed by atoms with Gasteiger partial charge in [0.15, 0.2) is 0 Å². The van der Waals surface area contributed by atoms with E-state index in [9.17, 15) is 17.6 Å². The van der Waals surface area contributed by atoms with Crippen LogP contribution < -0.4 is 9.73 Å². The molecule has 4 aromatic rings. The van der Waals surface area contributed by atoms with Crippen LogP contribution in [0, 0.1) is 26.6 Å². The van der Waals surface area contributed by atoms with Crippen LogP contribution in [0.25, 0.3) is 5.69 Å². The molecule has 1 heterocycles. The van der Waals surface area contributed by atoms with E-state index in [-0.39, 0.29) is 16.4 Å². The van der Waals surface area contributed by atoms with Crippen LogP contribution in [0.4, 0.5) is 10.1 Å². The molecule has 7 nitrogen and oxygen atoms in total. The number of amides is 1. The number of carbonyl (C=O) groups excluding carboxylic acids is 1. The van der Waals surface area contributed by atoms with Crippen LogP contribution in [0.5, 0.6) is 0 Å². The normalized spacial score (nSPS) is 11.6. The number of hydrazone groups is 1. The number of anilines is 1. The van der Waals surface area contributed by atoms with Gasteiger partial charge in [0.05, 0.1) is 22.5 Å². The topological polar surface area (TPSA) is 83.8 Å².